The third-order valence-corrected chi connectivity index (χ3v) is 12.7. The van der Waals surface area contributed by atoms with Crippen LogP contribution in [0.2, 0.25) is 0 Å². The molecule has 1 heterocycles. The number of aromatic nitrogens is 3. The van der Waals surface area contributed by atoms with E-state index in [4.69, 9.17) is 21.5 Å². The van der Waals surface area contributed by atoms with Crippen LogP contribution in [0.25, 0.3) is 127 Å². The summed E-state index contributed by atoms with van der Waals surface area (Å²) in [7, 11) is 0. The molecule has 1 aromatic heterocycles. The van der Waals surface area contributed by atoms with E-state index < -0.39 is 0 Å². The van der Waals surface area contributed by atoms with Crippen molar-refractivity contribution in [2.24, 2.45) is 0 Å². The highest BCUT2D eigenvalue weighted by atomic mass is 15.0. The predicted octanol–water partition coefficient (Wildman–Crippen LogP) is 16.7. The summed E-state index contributed by atoms with van der Waals surface area (Å²) in [5.41, 5.74) is 11.6. The number of benzene rings is 11. The van der Waals surface area contributed by atoms with Crippen molar-refractivity contribution in [2.45, 2.75) is 0 Å². The van der Waals surface area contributed by atoms with Gasteiger partial charge in [0.2, 0.25) is 0 Å². The normalized spacial score (nSPS) is 11.3. The average Bonchev–Trinajstić information content (AvgIpc) is 3.40. The number of fused-ring (bicyclic) bond motifs is 6. The highest BCUT2D eigenvalue weighted by molar-refractivity contribution is 6.15. The fourth-order valence-corrected chi connectivity index (χ4v) is 9.66. The molecule has 4 nitrogen and oxygen atoms in total. The second-order valence-electron chi connectivity index (χ2n) is 16.6. The highest BCUT2D eigenvalue weighted by Gasteiger charge is 2.21. The third kappa shape index (κ3) is 6.75. The topological polar surface area (TPSA) is 43.0 Å². The van der Waals surface area contributed by atoms with Crippen molar-refractivity contribution in [1.29, 1.82) is 0 Å². The first kappa shape index (κ1) is 38.6. The summed E-state index contributed by atoms with van der Waals surface area (Å²) < 4.78 is 0. The second-order valence-corrected chi connectivity index (χ2v) is 16.6. The van der Waals surface area contributed by atoms with Gasteiger partial charge in [-0.05, 0) is 112 Å². The van der Waals surface area contributed by atoms with E-state index in [0.717, 1.165) is 61.2 Å². The van der Waals surface area contributed by atoms with Crippen LogP contribution < -0.4 is 0 Å². The van der Waals surface area contributed by atoms with Crippen LogP contribution >= 0.6 is 0 Å². The fraction of sp³-hybridized carbons (Fsp3) is 0. The lowest BCUT2D eigenvalue weighted by Gasteiger charge is -2.17. The maximum atomic E-state index is 8.07. The monoisotopic (exact) mass is 838 g/mol. The van der Waals surface area contributed by atoms with Crippen molar-refractivity contribution in [3.63, 3.8) is 0 Å². The molecule has 66 heavy (non-hydrogen) atoms. The number of nitrogens with zero attached hydrogens (tertiary/aromatic N) is 4. The Bertz CT molecular complexity index is 3900. The lowest BCUT2D eigenvalue weighted by molar-refractivity contribution is 1.07. The maximum Gasteiger partial charge on any atom is 0.187 e. The van der Waals surface area contributed by atoms with Gasteiger partial charge in [0.1, 0.15) is 0 Å². The smallest absolute Gasteiger partial charge is 0.187 e. The first-order valence-corrected chi connectivity index (χ1v) is 22.1. The fourth-order valence-electron chi connectivity index (χ4n) is 9.66. The second kappa shape index (κ2) is 16.3. The predicted molar refractivity (Wildman–Crippen MR) is 274 cm³/mol. The first-order chi connectivity index (χ1) is 32.7. The quantitative estimate of drug-likeness (QED) is 0.119. The van der Waals surface area contributed by atoms with Gasteiger partial charge in [0, 0.05) is 16.7 Å². The van der Waals surface area contributed by atoms with Crippen molar-refractivity contribution < 1.29 is 0 Å². The number of hydrogen-bond acceptors (Lipinski definition) is 3. The number of hydrogen-bond donors (Lipinski definition) is 0. The molecule has 0 bridgehead atoms. The first-order valence-electron chi connectivity index (χ1n) is 22.1. The third-order valence-electron chi connectivity index (χ3n) is 12.7. The van der Waals surface area contributed by atoms with Crippen LogP contribution in [0.1, 0.15) is 0 Å². The molecule has 0 aliphatic heterocycles. The summed E-state index contributed by atoms with van der Waals surface area (Å²) in [5.74, 6) is 1.73. The summed E-state index contributed by atoms with van der Waals surface area (Å²) in [4.78, 5) is 19.8. The van der Waals surface area contributed by atoms with Gasteiger partial charge in [0.05, 0.1) is 6.57 Å². The van der Waals surface area contributed by atoms with E-state index in [1.165, 1.54) is 43.1 Å². The van der Waals surface area contributed by atoms with Crippen LogP contribution in [0.5, 0.6) is 0 Å². The Labute approximate surface area is 382 Å². The molecule has 0 N–H and O–H groups in total. The Kier molecular flexibility index (Phi) is 9.51. The van der Waals surface area contributed by atoms with E-state index in [1.807, 2.05) is 48.5 Å². The van der Waals surface area contributed by atoms with Gasteiger partial charge in [0.15, 0.2) is 23.2 Å². The van der Waals surface area contributed by atoms with Crippen molar-refractivity contribution in [3.8, 4) is 78.7 Å². The van der Waals surface area contributed by atoms with Crippen molar-refractivity contribution in [2.75, 3.05) is 0 Å². The Morgan fingerprint density at radius 3 is 1.29 bits per heavy atom. The van der Waals surface area contributed by atoms with Crippen LogP contribution in [-0.2, 0) is 0 Å². The molecule has 0 amide bonds. The van der Waals surface area contributed by atoms with Gasteiger partial charge in [-0.25, -0.2) is 19.8 Å². The van der Waals surface area contributed by atoms with Gasteiger partial charge in [0.25, 0.3) is 0 Å². The molecular weight excluding hydrogens is 801 g/mol. The Hall–Kier alpha value is -9.04. The summed E-state index contributed by atoms with van der Waals surface area (Å²) in [6.45, 7) is 8.07. The van der Waals surface area contributed by atoms with Gasteiger partial charge in [-0.15, -0.1) is 0 Å². The number of rotatable bonds is 7. The van der Waals surface area contributed by atoms with Gasteiger partial charge in [-0.3, -0.25) is 0 Å². The molecule has 0 unspecified atom stereocenters. The Morgan fingerprint density at radius 1 is 0.258 bits per heavy atom. The average molecular weight is 839 g/mol. The molecule has 0 aliphatic carbocycles. The van der Waals surface area contributed by atoms with Crippen molar-refractivity contribution in [3.05, 3.63) is 242 Å². The molecule has 0 fully saturated rings. The minimum atomic E-state index is 0.559. The lowest BCUT2D eigenvalue weighted by atomic mass is 9.88. The standard InChI is InChI=1S/C62H38N4/c1-63-45-34-35-54(58(39-45)42-23-17-22-41(36-42)57-37-43-20-5-7-24-46(43)48-26-9-11-29-51(48)57)50-28-13-15-32-55(50)61-64-60(40-18-3-2-4-19-40)65-62(66-61)56-33-16-14-31-53(56)59-38-44-21-6-8-25-47(44)49-27-10-12-30-52(49)59/h2-39H. The van der Waals surface area contributed by atoms with Crippen molar-refractivity contribution in [1.82, 2.24) is 15.0 Å². The Morgan fingerprint density at radius 2 is 0.682 bits per heavy atom. The summed E-state index contributed by atoms with van der Waals surface area (Å²) >= 11 is 0. The summed E-state index contributed by atoms with van der Waals surface area (Å²) in [6, 6.07) is 80.6. The van der Waals surface area contributed by atoms with E-state index in [2.05, 4.69) is 187 Å². The van der Waals surface area contributed by atoms with Gasteiger partial charge in [-0.2, -0.15) is 0 Å². The molecule has 0 radical (unpaired) electrons. The molecule has 12 aromatic rings. The van der Waals surface area contributed by atoms with Gasteiger partial charge >= 0.3 is 0 Å². The van der Waals surface area contributed by atoms with Crippen molar-refractivity contribution >= 4 is 48.8 Å². The van der Waals surface area contributed by atoms with Crippen LogP contribution in [0.4, 0.5) is 5.69 Å². The minimum absolute atomic E-state index is 0.559. The minimum Gasteiger partial charge on any atom is -0.238 e. The van der Waals surface area contributed by atoms with E-state index in [0.29, 0.717) is 23.2 Å². The SMILES string of the molecule is [C-]#[N+]c1ccc(-c2ccccc2-c2nc(-c3ccccc3)nc(-c3ccccc3-c3cc4ccccc4c4ccccc34)n2)c(-c2cccc(-c3cc4ccccc4c4ccccc34)c2)c1. The molecule has 0 atom stereocenters. The summed E-state index contributed by atoms with van der Waals surface area (Å²) in [5, 5.41) is 9.61. The van der Waals surface area contributed by atoms with E-state index >= 15 is 0 Å². The zero-order valence-corrected chi connectivity index (χ0v) is 35.7. The van der Waals surface area contributed by atoms with Crippen LogP contribution in [0, 0.1) is 6.57 Å². The highest BCUT2D eigenvalue weighted by Crippen LogP contribution is 2.44. The molecular formula is C62H38N4. The van der Waals surface area contributed by atoms with E-state index in [1.54, 1.807) is 0 Å². The van der Waals surface area contributed by atoms with Crippen LogP contribution in [-0.4, -0.2) is 15.0 Å². The maximum absolute atomic E-state index is 8.07. The van der Waals surface area contributed by atoms with Gasteiger partial charge in [-0.1, -0.05) is 206 Å². The zero-order chi connectivity index (χ0) is 44.0. The van der Waals surface area contributed by atoms with E-state index in [9.17, 15) is 0 Å². The van der Waals surface area contributed by atoms with Crippen LogP contribution in [0.15, 0.2) is 231 Å². The molecule has 0 saturated heterocycles. The molecule has 11 aromatic carbocycles. The molecule has 0 aliphatic rings. The molecule has 0 spiro atoms. The Balaban J connectivity index is 1.05. The zero-order valence-electron chi connectivity index (χ0n) is 35.7. The van der Waals surface area contributed by atoms with Gasteiger partial charge < -0.3 is 0 Å². The van der Waals surface area contributed by atoms with Crippen LogP contribution in [0.3, 0.4) is 0 Å². The molecule has 0 saturated carbocycles. The largest absolute Gasteiger partial charge is 0.238 e. The molecule has 4 heteroatoms. The molecule has 12 rings (SSSR count). The molecule has 306 valence electrons. The lowest BCUT2D eigenvalue weighted by Crippen LogP contribution is -2.02. The summed E-state index contributed by atoms with van der Waals surface area (Å²) in [6.07, 6.45) is 0. The van der Waals surface area contributed by atoms with E-state index in [-0.39, 0.29) is 0 Å².